The summed E-state index contributed by atoms with van der Waals surface area (Å²) < 4.78 is 0. The molecule has 2 N–H and O–H groups in total. The molecule has 22 heavy (non-hydrogen) atoms. The Balaban J connectivity index is 1.77. The average molecular weight is 300 g/mol. The van der Waals surface area contributed by atoms with Gasteiger partial charge in [-0.3, -0.25) is 9.59 Å². The van der Waals surface area contributed by atoms with Crippen LogP contribution in [0.5, 0.6) is 0 Å². The van der Waals surface area contributed by atoms with Gasteiger partial charge in [0, 0.05) is 25.6 Å². The van der Waals surface area contributed by atoms with Crippen molar-refractivity contribution in [1.29, 1.82) is 0 Å². The standard InChI is InChI=1S/C18H24N2O2/c1-14(21)20-13-16-7-9-17(10-8-16)18(22)19-12-11-15-5-3-2-4-6-15/h5,7-10H,2-4,6,11-13H2,1H3,(H,19,22)(H,20,21). The van der Waals surface area contributed by atoms with Crippen LogP contribution in [0, 0.1) is 0 Å². The molecule has 118 valence electrons. The zero-order valence-electron chi connectivity index (χ0n) is 13.2. The van der Waals surface area contributed by atoms with Crippen LogP contribution in [0.3, 0.4) is 0 Å². The van der Waals surface area contributed by atoms with E-state index in [1.54, 1.807) is 12.1 Å². The van der Waals surface area contributed by atoms with Crippen molar-refractivity contribution in [3.05, 3.63) is 47.0 Å². The number of benzene rings is 1. The number of hydrogen-bond donors (Lipinski definition) is 2. The molecule has 0 saturated carbocycles. The maximum absolute atomic E-state index is 12.1. The second kappa shape index (κ2) is 8.37. The van der Waals surface area contributed by atoms with E-state index < -0.39 is 0 Å². The smallest absolute Gasteiger partial charge is 0.251 e. The summed E-state index contributed by atoms with van der Waals surface area (Å²) in [6, 6.07) is 7.34. The zero-order valence-corrected chi connectivity index (χ0v) is 13.2. The molecule has 4 heteroatoms. The molecule has 1 aliphatic carbocycles. The van der Waals surface area contributed by atoms with Crippen LogP contribution in [-0.2, 0) is 11.3 Å². The van der Waals surface area contributed by atoms with E-state index in [2.05, 4.69) is 16.7 Å². The maximum Gasteiger partial charge on any atom is 0.251 e. The minimum Gasteiger partial charge on any atom is -0.352 e. The van der Waals surface area contributed by atoms with Crippen molar-refractivity contribution in [2.75, 3.05) is 6.54 Å². The van der Waals surface area contributed by atoms with Crippen LogP contribution in [0.25, 0.3) is 0 Å². The second-order valence-electron chi connectivity index (χ2n) is 5.72. The lowest BCUT2D eigenvalue weighted by Gasteiger charge is -2.13. The molecule has 0 saturated heterocycles. The molecular weight excluding hydrogens is 276 g/mol. The van der Waals surface area contributed by atoms with Gasteiger partial charge in [-0.1, -0.05) is 23.8 Å². The first kappa shape index (κ1) is 16.3. The molecule has 0 aliphatic heterocycles. The van der Waals surface area contributed by atoms with Gasteiger partial charge in [0.25, 0.3) is 5.91 Å². The van der Waals surface area contributed by atoms with Crippen LogP contribution in [0.2, 0.25) is 0 Å². The monoisotopic (exact) mass is 300 g/mol. The van der Waals surface area contributed by atoms with Gasteiger partial charge < -0.3 is 10.6 Å². The number of allylic oxidation sites excluding steroid dienone is 1. The van der Waals surface area contributed by atoms with E-state index in [0.29, 0.717) is 18.7 Å². The molecule has 0 unspecified atom stereocenters. The van der Waals surface area contributed by atoms with Crippen molar-refractivity contribution in [2.45, 2.75) is 45.6 Å². The van der Waals surface area contributed by atoms with Gasteiger partial charge in [-0.15, -0.1) is 0 Å². The van der Waals surface area contributed by atoms with E-state index in [0.717, 1.165) is 12.0 Å². The molecule has 1 aliphatic rings. The summed E-state index contributed by atoms with van der Waals surface area (Å²) >= 11 is 0. The third kappa shape index (κ3) is 5.35. The fourth-order valence-electron chi connectivity index (χ4n) is 2.57. The van der Waals surface area contributed by atoms with Crippen molar-refractivity contribution in [2.24, 2.45) is 0 Å². The topological polar surface area (TPSA) is 58.2 Å². The van der Waals surface area contributed by atoms with Crippen LogP contribution < -0.4 is 10.6 Å². The van der Waals surface area contributed by atoms with Crippen molar-refractivity contribution in [3.63, 3.8) is 0 Å². The zero-order chi connectivity index (χ0) is 15.8. The van der Waals surface area contributed by atoms with Crippen LogP contribution in [0.15, 0.2) is 35.9 Å². The Bertz CT molecular complexity index is 547. The summed E-state index contributed by atoms with van der Waals surface area (Å²) in [7, 11) is 0. The largest absolute Gasteiger partial charge is 0.352 e. The first-order chi connectivity index (χ1) is 10.6. The molecule has 0 atom stereocenters. The lowest BCUT2D eigenvalue weighted by atomic mass is 9.97. The first-order valence-electron chi connectivity index (χ1n) is 7.94. The fourth-order valence-corrected chi connectivity index (χ4v) is 2.57. The van der Waals surface area contributed by atoms with Crippen LogP contribution in [-0.4, -0.2) is 18.4 Å². The van der Waals surface area contributed by atoms with E-state index in [-0.39, 0.29) is 11.8 Å². The van der Waals surface area contributed by atoms with Crippen molar-refractivity contribution < 1.29 is 9.59 Å². The predicted octanol–water partition coefficient (Wildman–Crippen LogP) is 2.94. The third-order valence-corrected chi connectivity index (χ3v) is 3.87. The number of rotatable bonds is 6. The van der Waals surface area contributed by atoms with E-state index in [9.17, 15) is 9.59 Å². The molecule has 1 aromatic carbocycles. The second-order valence-corrected chi connectivity index (χ2v) is 5.72. The van der Waals surface area contributed by atoms with Gasteiger partial charge in [-0.2, -0.15) is 0 Å². The Morgan fingerprint density at radius 2 is 1.86 bits per heavy atom. The Hall–Kier alpha value is -2.10. The first-order valence-corrected chi connectivity index (χ1v) is 7.94. The highest BCUT2D eigenvalue weighted by atomic mass is 16.2. The van der Waals surface area contributed by atoms with Gasteiger partial charge in [0.1, 0.15) is 0 Å². The number of carbonyl (C=O) groups is 2. The summed E-state index contributed by atoms with van der Waals surface area (Å²) in [6.45, 7) is 2.67. The minimum atomic E-state index is -0.0566. The molecule has 0 heterocycles. The van der Waals surface area contributed by atoms with Gasteiger partial charge in [0.15, 0.2) is 0 Å². The molecule has 0 bridgehead atoms. The highest BCUT2D eigenvalue weighted by Crippen LogP contribution is 2.19. The van der Waals surface area contributed by atoms with E-state index in [1.165, 1.54) is 38.2 Å². The average Bonchev–Trinajstić information content (AvgIpc) is 2.54. The lowest BCUT2D eigenvalue weighted by Crippen LogP contribution is -2.25. The highest BCUT2D eigenvalue weighted by molar-refractivity contribution is 5.94. The normalized spacial score (nSPS) is 14.1. The third-order valence-electron chi connectivity index (χ3n) is 3.87. The molecular formula is C18H24N2O2. The molecule has 2 rings (SSSR count). The van der Waals surface area contributed by atoms with Crippen LogP contribution in [0.4, 0.5) is 0 Å². The molecule has 0 radical (unpaired) electrons. The van der Waals surface area contributed by atoms with E-state index in [1.807, 2.05) is 12.1 Å². The summed E-state index contributed by atoms with van der Waals surface area (Å²) in [5, 5.41) is 5.70. The van der Waals surface area contributed by atoms with Crippen molar-refractivity contribution in [1.82, 2.24) is 10.6 Å². The van der Waals surface area contributed by atoms with Crippen molar-refractivity contribution in [3.8, 4) is 0 Å². The molecule has 0 spiro atoms. The molecule has 2 amide bonds. The van der Waals surface area contributed by atoms with E-state index in [4.69, 9.17) is 0 Å². The Morgan fingerprint density at radius 3 is 2.50 bits per heavy atom. The van der Waals surface area contributed by atoms with Gasteiger partial charge in [0.2, 0.25) is 5.91 Å². The number of carbonyl (C=O) groups excluding carboxylic acids is 2. The molecule has 0 aromatic heterocycles. The van der Waals surface area contributed by atoms with Crippen molar-refractivity contribution >= 4 is 11.8 Å². The van der Waals surface area contributed by atoms with Gasteiger partial charge in [0.05, 0.1) is 0 Å². The minimum absolute atomic E-state index is 0.0394. The summed E-state index contributed by atoms with van der Waals surface area (Å²) in [5.41, 5.74) is 3.11. The Kier molecular flexibility index (Phi) is 6.19. The van der Waals surface area contributed by atoms with Gasteiger partial charge in [-0.05, 0) is 49.8 Å². The summed E-state index contributed by atoms with van der Waals surface area (Å²) in [5.74, 6) is -0.0960. The number of nitrogens with one attached hydrogen (secondary N) is 2. The van der Waals surface area contributed by atoms with Crippen LogP contribution in [0.1, 0.15) is 54.9 Å². The summed E-state index contributed by atoms with van der Waals surface area (Å²) in [6.07, 6.45) is 8.18. The fraction of sp³-hybridized carbons (Fsp3) is 0.444. The highest BCUT2D eigenvalue weighted by Gasteiger charge is 2.07. The van der Waals surface area contributed by atoms with Crippen LogP contribution >= 0.6 is 0 Å². The summed E-state index contributed by atoms with van der Waals surface area (Å²) in [4.78, 5) is 22.9. The Morgan fingerprint density at radius 1 is 1.09 bits per heavy atom. The Labute approximate surface area is 132 Å². The SMILES string of the molecule is CC(=O)NCc1ccc(C(=O)NCCC2=CCCCC2)cc1. The lowest BCUT2D eigenvalue weighted by molar-refractivity contribution is -0.119. The predicted molar refractivity (Wildman–Crippen MR) is 87.5 cm³/mol. The quantitative estimate of drug-likeness (QED) is 0.794. The van der Waals surface area contributed by atoms with E-state index >= 15 is 0 Å². The maximum atomic E-state index is 12.1. The van der Waals surface area contributed by atoms with Gasteiger partial charge in [-0.25, -0.2) is 0 Å². The molecule has 0 fully saturated rings. The number of amides is 2. The molecule has 4 nitrogen and oxygen atoms in total. The van der Waals surface area contributed by atoms with Gasteiger partial charge >= 0.3 is 0 Å². The number of hydrogen-bond acceptors (Lipinski definition) is 2. The molecule has 1 aromatic rings.